The highest BCUT2D eigenvalue weighted by atomic mass is 16.5. The number of likely N-dealkylation sites (tertiary alicyclic amines) is 1. The number of benzene rings is 3. The maximum atomic E-state index is 14.0. The molecule has 2 aromatic heterocycles. The first kappa shape index (κ1) is 45.1. The van der Waals surface area contributed by atoms with Crippen LogP contribution in [0.4, 0.5) is 4.79 Å². The van der Waals surface area contributed by atoms with E-state index in [1.165, 1.54) is 7.11 Å². The molecule has 8 rings (SSSR count). The van der Waals surface area contributed by atoms with Crippen LogP contribution < -0.4 is 10.6 Å². The number of alkyl carbamates (subject to hydrolysis) is 1. The minimum Gasteiger partial charge on any atom is -0.501 e. The molecule has 8 atom stereocenters. The van der Waals surface area contributed by atoms with E-state index in [9.17, 15) is 19.5 Å². The average Bonchev–Trinajstić information content (AvgIpc) is 4.04. The van der Waals surface area contributed by atoms with Gasteiger partial charge in [-0.25, -0.2) is 14.8 Å². The molecule has 1 unspecified atom stereocenters. The Morgan fingerprint density at radius 3 is 2.06 bits per heavy atom. The van der Waals surface area contributed by atoms with Gasteiger partial charge in [0.25, 0.3) is 0 Å². The van der Waals surface area contributed by atoms with Crippen molar-refractivity contribution in [3.8, 4) is 33.6 Å². The quantitative estimate of drug-likeness (QED) is 0.0435. The van der Waals surface area contributed by atoms with Gasteiger partial charge in [-0.2, -0.15) is 0 Å². The Morgan fingerprint density at radius 2 is 1.49 bits per heavy atom. The minimum absolute atomic E-state index is 0.00717. The Hall–Kier alpha value is -6.51. The van der Waals surface area contributed by atoms with Gasteiger partial charge in [0.1, 0.15) is 23.9 Å². The van der Waals surface area contributed by atoms with E-state index in [2.05, 4.69) is 82.1 Å². The van der Waals surface area contributed by atoms with Gasteiger partial charge >= 0.3 is 6.09 Å². The molecule has 3 heterocycles. The number of amides is 3. The zero-order valence-corrected chi connectivity index (χ0v) is 37.7. The van der Waals surface area contributed by atoms with Gasteiger partial charge in [-0.3, -0.25) is 14.5 Å². The summed E-state index contributed by atoms with van der Waals surface area (Å²) in [7, 11) is 2.90. The standard InChI is InChI=1S/C51H60N8O6/c1-8-39-30(4)46(39)59(49(61)44(29(2)3)57-51(63)65-7)28-43-52-25-40(54-43)34-18-14-32(15-19-34)33-16-20-35(21-17-33)41-26-53-47(55-41)42-24-38(31(5)64-6)27-58(42)50(62)45(36-12-10-9-11-13-36)56-48(60)37-22-23-37/h8-21,25-26,29-30,37-39,42,44-46,50,62H,1,5,22-24,27-28H2,2-4,6-7H3,(H,52,54)(H,53,55)(H,56,60)(H,57,63)/t30-,38+,39+,42+,44+,45-,46+,50?/m1/s1. The molecule has 3 amide bonds. The number of rotatable bonds is 18. The highest BCUT2D eigenvalue weighted by Gasteiger charge is 2.51. The second-order valence-electron chi connectivity index (χ2n) is 18.0. The van der Waals surface area contributed by atoms with E-state index >= 15 is 0 Å². The summed E-state index contributed by atoms with van der Waals surface area (Å²) < 4.78 is 10.4. The number of H-pyrrole nitrogens is 2. The summed E-state index contributed by atoms with van der Waals surface area (Å²) in [6.45, 7) is 14.8. The second-order valence-corrected chi connectivity index (χ2v) is 18.0. The van der Waals surface area contributed by atoms with Gasteiger partial charge in [0.05, 0.1) is 62.4 Å². The summed E-state index contributed by atoms with van der Waals surface area (Å²) in [5.74, 6) is 1.96. The van der Waals surface area contributed by atoms with Crippen LogP contribution in [0, 0.1) is 29.6 Å². The number of ether oxygens (including phenoxy) is 2. The van der Waals surface area contributed by atoms with Crippen molar-refractivity contribution in [1.82, 2.24) is 40.4 Å². The maximum absolute atomic E-state index is 14.0. The van der Waals surface area contributed by atoms with Crippen LogP contribution in [-0.2, 0) is 25.6 Å². The molecular weight excluding hydrogens is 821 g/mol. The van der Waals surface area contributed by atoms with Crippen molar-refractivity contribution in [1.29, 1.82) is 0 Å². The number of methoxy groups -OCH3 is 2. The highest BCUT2D eigenvalue weighted by molar-refractivity contribution is 5.86. The van der Waals surface area contributed by atoms with E-state index in [-0.39, 0.29) is 60.0 Å². The lowest BCUT2D eigenvalue weighted by molar-refractivity contribution is -0.136. The second kappa shape index (κ2) is 19.3. The lowest BCUT2D eigenvalue weighted by Gasteiger charge is -2.34. The third-order valence-electron chi connectivity index (χ3n) is 13.4. The van der Waals surface area contributed by atoms with E-state index < -0.39 is 24.4 Å². The summed E-state index contributed by atoms with van der Waals surface area (Å²) in [6, 6.07) is 24.4. The molecular formula is C51H60N8O6. The number of aromatic amines is 2. The number of hydrogen-bond donors (Lipinski definition) is 5. The fourth-order valence-corrected chi connectivity index (χ4v) is 9.23. The molecule has 2 saturated carbocycles. The summed E-state index contributed by atoms with van der Waals surface area (Å²) in [5, 5.41) is 18.0. The van der Waals surface area contributed by atoms with Gasteiger partial charge in [0.15, 0.2) is 0 Å². The number of aromatic nitrogens is 4. The number of aliphatic hydroxyl groups is 1. The van der Waals surface area contributed by atoms with Crippen molar-refractivity contribution < 1.29 is 29.0 Å². The fourth-order valence-electron chi connectivity index (χ4n) is 9.23. The summed E-state index contributed by atoms with van der Waals surface area (Å²) in [6.07, 6.45) is 6.18. The Labute approximate surface area is 380 Å². The first-order valence-electron chi connectivity index (χ1n) is 22.5. The Morgan fingerprint density at radius 1 is 0.877 bits per heavy atom. The summed E-state index contributed by atoms with van der Waals surface area (Å²) in [5.41, 5.74) is 6.50. The number of carbonyl (C=O) groups excluding carboxylic acids is 3. The van der Waals surface area contributed by atoms with Gasteiger partial charge in [-0.15, -0.1) is 6.58 Å². The summed E-state index contributed by atoms with van der Waals surface area (Å²) in [4.78, 5) is 59.4. The van der Waals surface area contributed by atoms with Crippen molar-refractivity contribution >= 4 is 17.9 Å². The lowest BCUT2D eigenvalue weighted by atomic mass is 10.0. The molecule has 3 aliphatic rings. The minimum atomic E-state index is -1.03. The maximum Gasteiger partial charge on any atom is 0.407 e. The number of hydrogen-bond acceptors (Lipinski definition) is 9. The Balaban J connectivity index is 0.955. The molecule has 1 saturated heterocycles. The molecule has 0 spiro atoms. The SMILES string of the molecule is C=C[C@H]1[C@@H](C)[C@@H]1N(Cc1ncc(-c2ccc(-c3ccc(-c4cnc([C@@H]5C[C@H](C(=C)OC)CN5C(O)[C@H](NC(=O)C5CC5)c5ccccc5)[nH]4)cc3)cc2)[nH]1)C(=O)[C@@H](NC(=O)OC)C(C)C. The van der Waals surface area contributed by atoms with Gasteiger partial charge in [-0.1, -0.05) is 112 Å². The predicted molar refractivity (Wildman–Crippen MR) is 248 cm³/mol. The number of imidazole rings is 2. The smallest absolute Gasteiger partial charge is 0.407 e. The highest BCUT2D eigenvalue weighted by Crippen LogP contribution is 2.45. The van der Waals surface area contributed by atoms with Crippen LogP contribution in [-0.4, -0.2) is 91.8 Å². The van der Waals surface area contributed by atoms with Crippen LogP contribution in [0.3, 0.4) is 0 Å². The van der Waals surface area contributed by atoms with Crippen LogP contribution in [0.1, 0.15) is 69.3 Å². The lowest BCUT2D eigenvalue weighted by Crippen LogP contribution is -2.52. The van der Waals surface area contributed by atoms with Crippen LogP contribution >= 0.6 is 0 Å². The normalized spacial score (nSPS) is 21.8. The van der Waals surface area contributed by atoms with Crippen LogP contribution in [0.5, 0.6) is 0 Å². The molecule has 3 aromatic carbocycles. The monoisotopic (exact) mass is 880 g/mol. The predicted octanol–water partition coefficient (Wildman–Crippen LogP) is 7.77. The van der Waals surface area contributed by atoms with Crippen LogP contribution in [0.15, 0.2) is 116 Å². The average molecular weight is 881 g/mol. The molecule has 14 nitrogen and oxygen atoms in total. The Kier molecular flexibility index (Phi) is 13.4. The number of nitrogens with one attached hydrogen (secondary N) is 4. The van der Waals surface area contributed by atoms with Gasteiger partial charge in [-0.05, 0) is 58.9 Å². The molecule has 14 heteroatoms. The summed E-state index contributed by atoms with van der Waals surface area (Å²) >= 11 is 0. The molecule has 340 valence electrons. The number of carbonyl (C=O) groups is 3. The molecule has 0 radical (unpaired) electrons. The van der Waals surface area contributed by atoms with Crippen molar-refractivity contribution in [2.24, 2.45) is 29.6 Å². The van der Waals surface area contributed by atoms with E-state index in [4.69, 9.17) is 14.5 Å². The van der Waals surface area contributed by atoms with Gasteiger partial charge in [0.2, 0.25) is 11.8 Å². The first-order valence-corrected chi connectivity index (χ1v) is 22.5. The van der Waals surface area contributed by atoms with E-state index in [0.29, 0.717) is 30.4 Å². The fraction of sp³-hybridized carbons (Fsp3) is 0.392. The van der Waals surface area contributed by atoms with Crippen molar-refractivity contribution in [2.75, 3.05) is 20.8 Å². The van der Waals surface area contributed by atoms with E-state index in [1.54, 1.807) is 18.2 Å². The molecule has 3 fully saturated rings. The van der Waals surface area contributed by atoms with Crippen molar-refractivity contribution in [2.45, 2.75) is 77.0 Å². The van der Waals surface area contributed by atoms with Gasteiger partial charge < -0.3 is 40.1 Å². The third-order valence-corrected chi connectivity index (χ3v) is 13.4. The largest absolute Gasteiger partial charge is 0.501 e. The van der Waals surface area contributed by atoms with E-state index in [0.717, 1.165) is 52.0 Å². The van der Waals surface area contributed by atoms with Crippen molar-refractivity contribution in [3.05, 3.63) is 133 Å². The molecule has 1 aliphatic heterocycles. The Bertz CT molecular complexity index is 2480. The molecule has 0 bridgehead atoms. The molecule has 5 N–H and O–H groups in total. The van der Waals surface area contributed by atoms with Crippen molar-refractivity contribution in [3.63, 3.8) is 0 Å². The number of aliphatic hydroxyl groups excluding tert-OH is 1. The van der Waals surface area contributed by atoms with E-state index in [1.807, 2.05) is 73.5 Å². The topological polar surface area (TPSA) is 178 Å². The molecule has 5 aromatic rings. The van der Waals surface area contributed by atoms with Crippen LogP contribution in [0.2, 0.25) is 0 Å². The first-order chi connectivity index (χ1) is 31.4. The van der Waals surface area contributed by atoms with Gasteiger partial charge in [0, 0.05) is 30.3 Å². The third kappa shape index (κ3) is 9.79. The van der Waals surface area contributed by atoms with Crippen LogP contribution in [0.25, 0.3) is 33.6 Å². The zero-order chi connectivity index (χ0) is 45.9. The zero-order valence-electron chi connectivity index (χ0n) is 37.7. The molecule has 2 aliphatic carbocycles. The molecule has 65 heavy (non-hydrogen) atoms. The number of nitrogens with zero attached hydrogens (tertiary/aromatic N) is 4.